The second-order valence-electron chi connectivity index (χ2n) is 2.28. The van der Waals surface area contributed by atoms with Crippen LogP contribution in [0.25, 0.3) is 0 Å². The molecule has 0 heterocycles. The lowest BCUT2D eigenvalue weighted by Crippen LogP contribution is -1.93. The summed E-state index contributed by atoms with van der Waals surface area (Å²) in [5.74, 6) is 0.140. The Morgan fingerprint density at radius 3 is 2.85 bits per heavy atom. The maximum Gasteiger partial charge on any atom is 0.128 e. The zero-order valence-corrected chi connectivity index (χ0v) is 8.98. The lowest BCUT2D eigenvalue weighted by molar-refractivity contribution is 0.360. The molecule has 70 valence electrons. The average Bonchev–Trinajstić information content (AvgIpc) is 2.03. The Bertz CT molecular complexity index is 294. The van der Waals surface area contributed by atoms with Crippen molar-refractivity contribution in [1.29, 1.82) is 0 Å². The van der Waals surface area contributed by atoms with Crippen LogP contribution in [0.4, 0.5) is 4.39 Å². The molecule has 0 saturated carbocycles. The molecule has 0 spiro atoms. The molecule has 13 heavy (non-hydrogen) atoms. The van der Waals surface area contributed by atoms with Crippen LogP contribution < -0.4 is 4.74 Å². The minimum Gasteiger partial charge on any atom is -0.489 e. The van der Waals surface area contributed by atoms with E-state index in [2.05, 4.69) is 15.9 Å². The van der Waals surface area contributed by atoms with Gasteiger partial charge in [0.1, 0.15) is 18.2 Å². The highest BCUT2D eigenvalue weighted by molar-refractivity contribution is 9.10. The fraction of sp³-hybridized carbons (Fsp3) is 0.111. The van der Waals surface area contributed by atoms with E-state index >= 15 is 0 Å². The molecule has 1 aromatic carbocycles. The van der Waals surface area contributed by atoms with E-state index in [0.717, 1.165) is 0 Å². The topological polar surface area (TPSA) is 9.23 Å². The van der Waals surface area contributed by atoms with Crippen LogP contribution in [0.3, 0.4) is 0 Å². The maximum absolute atomic E-state index is 12.8. The van der Waals surface area contributed by atoms with Crippen LogP contribution in [0.15, 0.2) is 34.3 Å². The van der Waals surface area contributed by atoms with Crippen molar-refractivity contribution in [2.45, 2.75) is 0 Å². The van der Waals surface area contributed by atoms with Crippen molar-refractivity contribution in [3.63, 3.8) is 0 Å². The number of hydrogen-bond acceptors (Lipinski definition) is 1. The molecule has 0 N–H and O–H groups in total. The molecule has 0 aliphatic rings. The zero-order chi connectivity index (χ0) is 9.68. The van der Waals surface area contributed by atoms with Crippen LogP contribution >= 0.6 is 27.5 Å². The van der Waals surface area contributed by atoms with Gasteiger partial charge in [0.05, 0.1) is 0 Å². The van der Waals surface area contributed by atoms with E-state index in [-0.39, 0.29) is 5.82 Å². The van der Waals surface area contributed by atoms with E-state index in [9.17, 15) is 4.39 Å². The SMILES string of the molecule is Fc1cc(Br)cc(OC/C=C/Cl)c1. The molecule has 0 fully saturated rings. The Morgan fingerprint density at radius 1 is 1.46 bits per heavy atom. The average molecular weight is 266 g/mol. The van der Waals surface area contributed by atoms with Gasteiger partial charge in [0.15, 0.2) is 0 Å². The quantitative estimate of drug-likeness (QED) is 0.809. The first-order valence-corrected chi connectivity index (χ1v) is 4.79. The number of halogens is 3. The van der Waals surface area contributed by atoms with Gasteiger partial charge >= 0.3 is 0 Å². The van der Waals surface area contributed by atoms with E-state index < -0.39 is 0 Å². The molecule has 0 unspecified atom stereocenters. The Morgan fingerprint density at radius 2 is 2.23 bits per heavy atom. The standard InChI is InChI=1S/C9H7BrClFO/c10-7-4-8(12)6-9(5-7)13-3-1-2-11/h1-2,4-6H,3H2/b2-1+. The first kappa shape index (κ1) is 10.5. The highest BCUT2D eigenvalue weighted by Crippen LogP contribution is 2.20. The van der Waals surface area contributed by atoms with Crippen molar-refractivity contribution < 1.29 is 9.13 Å². The Labute approximate surface area is 89.3 Å². The lowest BCUT2D eigenvalue weighted by atomic mass is 10.3. The smallest absolute Gasteiger partial charge is 0.128 e. The normalized spacial score (nSPS) is 10.7. The zero-order valence-electron chi connectivity index (χ0n) is 6.64. The minimum absolute atomic E-state index is 0.333. The maximum atomic E-state index is 12.8. The van der Waals surface area contributed by atoms with Gasteiger partial charge in [0.2, 0.25) is 0 Å². The van der Waals surface area contributed by atoms with Crippen LogP contribution in [0.5, 0.6) is 5.75 Å². The third-order valence-electron chi connectivity index (χ3n) is 1.27. The van der Waals surface area contributed by atoms with Crippen LogP contribution in [-0.4, -0.2) is 6.61 Å². The van der Waals surface area contributed by atoms with Crippen molar-refractivity contribution >= 4 is 27.5 Å². The molecule has 0 aliphatic carbocycles. The van der Waals surface area contributed by atoms with Gasteiger partial charge in [-0.2, -0.15) is 0 Å². The predicted octanol–water partition coefficient (Wildman–Crippen LogP) is 3.72. The van der Waals surface area contributed by atoms with E-state index in [4.69, 9.17) is 16.3 Å². The molecular formula is C9H7BrClFO. The van der Waals surface area contributed by atoms with E-state index in [0.29, 0.717) is 16.8 Å². The summed E-state index contributed by atoms with van der Waals surface area (Å²) in [4.78, 5) is 0. The summed E-state index contributed by atoms with van der Waals surface area (Å²) < 4.78 is 18.6. The molecule has 1 aromatic rings. The molecule has 0 atom stereocenters. The molecule has 0 aromatic heterocycles. The van der Waals surface area contributed by atoms with Gasteiger partial charge in [-0.25, -0.2) is 4.39 Å². The van der Waals surface area contributed by atoms with Gasteiger partial charge in [0, 0.05) is 16.1 Å². The number of rotatable bonds is 3. The Kier molecular flexibility index (Phi) is 4.25. The highest BCUT2D eigenvalue weighted by atomic mass is 79.9. The molecule has 0 bridgehead atoms. The van der Waals surface area contributed by atoms with Gasteiger partial charge in [-0.05, 0) is 18.2 Å². The first-order chi connectivity index (χ1) is 6.22. The van der Waals surface area contributed by atoms with Crippen molar-refractivity contribution in [3.05, 3.63) is 40.1 Å². The van der Waals surface area contributed by atoms with E-state index in [1.54, 1.807) is 12.1 Å². The van der Waals surface area contributed by atoms with Crippen molar-refractivity contribution in [3.8, 4) is 5.75 Å². The summed E-state index contributed by atoms with van der Waals surface area (Å²) in [6.45, 7) is 0.333. The van der Waals surface area contributed by atoms with Crippen LogP contribution in [0.1, 0.15) is 0 Å². The molecule has 0 amide bonds. The predicted molar refractivity (Wildman–Crippen MR) is 54.6 cm³/mol. The Hall–Kier alpha value is -0.540. The summed E-state index contributed by atoms with van der Waals surface area (Å²) in [5, 5.41) is 0. The van der Waals surface area contributed by atoms with E-state index in [1.807, 2.05) is 0 Å². The second kappa shape index (κ2) is 5.25. The van der Waals surface area contributed by atoms with Gasteiger partial charge in [-0.3, -0.25) is 0 Å². The summed E-state index contributed by atoms with van der Waals surface area (Å²) in [6.07, 6.45) is 1.63. The largest absolute Gasteiger partial charge is 0.489 e. The second-order valence-corrected chi connectivity index (χ2v) is 3.45. The third-order valence-corrected chi connectivity index (χ3v) is 1.91. The number of ether oxygens (including phenoxy) is 1. The van der Waals surface area contributed by atoms with Gasteiger partial charge in [-0.15, -0.1) is 0 Å². The Balaban J connectivity index is 2.66. The van der Waals surface area contributed by atoms with Crippen molar-refractivity contribution in [2.24, 2.45) is 0 Å². The fourth-order valence-electron chi connectivity index (χ4n) is 0.793. The van der Waals surface area contributed by atoms with Crippen LogP contribution in [-0.2, 0) is 0 Å². The first-order valence-electron chi connectivity index (χ1n) is 3.56. The molecule has 0 saturated heterocycles. The molecule has 4 heteroatoms. The summed E-state index contributed by atoms with van der Waals surface area (Å²) in [7, 11) is 0. The summed E-state index contributed by atoms with van der Waals surface area (Å²) in [6, 6.07) is 4.36. The molecule has 1 rings (SSSR count). The van der Waals surface area contributed by atoms with Gasteiger partial charge < -0.3 is 4.74 Å². The molecule has 1 nitrogen and oxygen atoms in total. The lowest BCUT2D eigenvalue weighted by Gasteiger charge is -2.03. The number of hydrogen-bond donors (Lipinski definition) is 0. The highest BCUT2D eigenvalue weighted by Gasteiger charge is 1.98. The monoisotopic (exact) mass is 264 g/mol. The van der Waals surface area contributed by atoms with Crippen LogP contribution in [0, 0.1) is 5.82 Å². The minimum atomic E-state index is -0.334. The summed E-state index contributed by atoms with van der Waals surface area (Å²) >= 11 is 8.44. The molecule has 0 radical (unpaired) electrons. The molecule has 0 aliphatic heterocycles. The number of benzene rings is 1. The summed E-state index contributed by atoms with van der Waals surface area (Å²) in [5.41, 5.74) is 1.36. The third kappa shape index (κ3) is 3.79. The molecular weight excluding hydrogens is 258 g/mol. The van der Waals surface area contributed by atoms with Gasteiger partial charge in [-0.1, -0.05) is 27.5 Å². The van der Waals surface area contributed by atoms with Crippen molar-refractivity contribution in [1.82, 2.24) is 0 Å². The van der Waals surface area contributed by atoms with Gasteiger partial charge in [0.25, 0.3) is 0 Å². The van der Waals surface area contributed by atoms with E-state index in [1.165, 1.54) is 17.7 Å². The van der Waals surface area contributed by atoms with Crippen LogP contribution in [0.2, 0.25) is 0 Å². The van der Waals surface area contributed by atoms with Crippen molar-refractivity contribution in [2.75, 3.05) is 6.61 Å². The fourth-order valence-corrected chi connectivity index (χ4v) is 1.31.